The highest BCUT2D eigenvalue weighted by Gasteiger charge is 2.16. The zero-order valence-electron chi connectivity index (χ0n) is 16.2. The van der Waals surface area contributed by atoms with E-state index in [9.17, 15) is 0 Å². The number of hydrogen-bond acceptors (Lipinski definition) is 1. The molecular weight excluding hydrogens is 328 g/mol. The second-order valence-electron chi connectivity index (χ2n) is 7.61. The minimum absolute atomic E-state index is 1.04. The molecule has 132 valence electrons. The topological polar surface area (TPSA) is 17.3 Å². The molecule has 0 fully saturated rings. The molecule has 2 nitrogen and oxygen atoms in total. The normalized spacial score (nSPS) is 11.7. The van der Waals surface area contributed by atoms with Gasteiger partial charge in [0.15, 0.2) is 0 Å². The summed E-state index contributed by atoms with van der Waals surface area (Å²) < 4.78 is 2.13. The molecule has 2 heteroatoms. The van der Waals surface area contributed by atoms with Gasteiger partial charge in [-0.15, -0.1) is 0 Å². The average molecular weight is 350 g/mol. The molecule has 0 amide bonds. The van der Waals surface area contributed by atoms with Crippen molar-refractivity contribution in [3.8, 4) is 11.3 Å². The number of benzene rings is 3. The Morgan fingerprint density at radius 3 is 2.19 bits per heavy atom. The Morgan fingerprint density at radius 2 is 1.41 bits per heavy atom. The molecule has 3 aromatic carbocycles. The van der Waals surface area contributed by atoms with E-state index in [4.69, 9.17) is 5.10 Å². The largest absolute Gasteiger partial charge is 0.232 e. The van der Waals surface area contributed by atoms with Gasteiger partial charge >= 0.3 is 0 Å². The Bertz CT molecular complexity index is 1340. The smallest absolute Gasteiger partial charge is 0.0939 e. The molecule has 0 N–H and O–H groups in total. The van der Waals surface area contributed by atoms with Crippen LogP contribution in [0, 0.1) is 27.7 Å². The maximum atomic E-state index is 5.06. The third-order valence-electron chi connectivity index (χ3n) is 5.61. The third-order valence-corrected chi connectivity index (χ3v) is 5.61. The summed E-state index contributed by atoms with van der Waals surface area (Å²) >= 11 is 0. The number of rotatable bonds is 1. The van der Waals surface area contributed by atoms with Crippen molar-refractivity contribution in [2.75, 3.05) is 0 Å². The van der Waals surface area contributed by atoms with Crippen molar-refractivity contribution in [1.29, 1.82) is 0 Å². The zero-order chi connectivity index (χ0) is 18.7. The summed E-state index contributed by atoms with van der Waals surface area (Å²) in [5.74, 6) is 0. The molecule has 5 aromatic rings. The first-order valence-electron chi connectivity index (χ1n) is 9.42. The maximum absolute atomic E-state index is 5.06. The van der Waals surface area contributed by atoms with E-state index in [1.165, 1.54) is 49.5 Å². The van der Waals surface area contributed by atoms with Crippen molar-refractivity contribution in [2.24, 2.45) is 0 Å². The fourth-order valence-corrected chi connectivity index (χ4v) is 4.49. The van der Waals surface area contributed by atoms with Gasteiger partial charge in [0.25, 0.3) is 0 Å². The molecule has 0 aliphatic carbocycles. The van der Waals surface area contributed by atoms with Crippen LogP contribution in [-0.4, -0.2) is 9.61 Å². The Hall–Kier alpha value is -3.13. The van der Waals surface area contributed by atoms with E-state index in [0.717, 1.165) is 11.2 Å². The third kappa shape index (κ3) is 2.30. The van der Waals surface area contributed by atoms with Crippen LogP contribution in [0.25, 0.3) is 38.4 Å². The monoisotopic (exact) mass is 350 g/mol. The Labute approximate surface area is 159 Å². The number of para-hydroxylation sites is 1. The minimum Gasteiger partial charge on any atom is -0.232 e. The minimum atomic E-state index is 1.04. The molecule has 0 atom stereocenters. The number of pyridine rings is 1. The van der Waals surface area contributed by atoms with Crippen LogP contribution in [0.4, 0.5) is 0 Å². The number of hydrogen-bond donors (Lipinski definition) is 0. The molecule has 0 unspecified atom stereocenters. The fraction of sp³-hybridized carbons (Fsp3) is 0.160. The van der Waals surface area contributed by atoms with Gasteiger partial charge in [0.2, 0.25) is 0 Å². The van der Waals surface area contributed by atoms with E-state index >= 15 is 0 Å². The van der Waals surface area contributed by atoms with E-state index in [2.05, 4.69) is 92.9 Å². The zero-order valence-corrected chi connectivity index (χ0v) is 16.2. The first-order valence-corrected chi connectivity index (χ1v) is 9.42. The predicted octanol–water partition coefficient (Wildman–Crippen LogP) is 6.54. The van der Waals surface area contributed by atoms with E-state index < -0.39 is 0 Å². The van der Waals surface area contributed by atoms with Gasteiger partial charge in [-0.25, -0.2) is 4.52 Å². The fourth-order valence-electron chi connectivity index (χ4n) is 4.49. The van der Waals surface area contributed by atoms with Crippen molar-refractivity contribution < 1.29 is 0 Å². The van der Waals surface area contributed by atoms with E-state index in [1.54, 1.807) is 0 Å². The summed E-state index contributed by atoms with van der Waals surface area (Å²) in [4.78, 5) is 0. The predicted molar refractivity (Wildman–Crippen MR) is 115 cm³/mol. The van der Waals surface area contributed by atoms with Crippen molar-refractivity contribution in [1.82, 2.24) is 9.61 Å². The van der Waals surface area contributed by atoms with E-state index in [0.29, 0.717) is 0 Å². The molecule has 0 aliphatic rings. The summed E-state index contributed by atoms with van der Waals surface area (Å²) in [7, 11) is 0. The van der Waals surface area contributed by atoms with Crippen LogP contribution in [0.15, 0.2) is 60.7 Å². The van der Waals surface area contributed by atoms with Crippen LogP contribution in [0.5, 0.6) is 0 Å². The summed E-state index contributed by atoms with van der Waals surface area (Å²) in [6, 6.07) is 21.8. The molecule has 2 aromatic heterocycles. The average Bonchev–Trinajstić information content (AvgIpc) is 3.06. The van der Waals surface area contributed by atoms with Crippen LogP contribution in [0.2, 0.25) is 0 Å². The Morgan fingerprint density at radius 1 is 0.667 bits per heavy atom. The lowest BCUT2D eigenvalue weighted by atomic mass is 9.97. The SMILES string of the molecule is Cc1cc(C)c2c(c1)c1ccccc1n1nc(-c3c(C)cccc3C)cc21. The summed E-state index contributed by atoms with van der Waals surface area (Å²) in [6.07, 6.45) is 0. The first-order chi connectivity index (χ1) is 13.0. The second kappa shape index (κ2) is 5.68. The highest BCUT2D eigenvalue weighted by atomic mass is 15.2. The lowest BCUT2D eigenvalue weighted by molar-refractivity contribution is 1.01. The first kappa shape index (κ1) is 16.1. The Kier molecular flexibility index (Phi) is 3.38. The highest BCUT2D eigenvalue weighted by Crippen LogP contribution is 2.35. The van der Waals surface area contributed by atoms with Crippen molar-refractivity contribution >= 4 is 27.2 Å². The van der Waals surface area contributed by atoms with Crippen LogP contribution in [0.3, 0.4) is 0 Å². The van der Waals surface area contributed by atoms with Gasteiger partial charge < -0.3 is 0 Å². The quantitative estimate of drug-likeness (QED) is 0.314. The molecule has 0 aliphatic heterocycles. The van der Waals surface area contributed by atoms with E-state index in [1.807, 2.05) is 0 Å². The van der Waals surface area contributed by atoms with Crippen molar-refractivity contribution in [3.63, 3.8) is 0 Å². The lowest BCUT2D eigenvalue weighted by Crippen LogP contribution is -1.95. The van der Waals surface area contributed by atoms with Crippen molar-refractivity contribution in [3.05, 3.63) is 82.9 Å². The molecule has 2 heterocycles. The van der Waals surface area contributed by atoms with Gasteiger partial charge in [-0.05, 0) is 61.9 Å². The van der Waals surface area contributed by atoms with Crippen LogP contribution in [-0.2, 0) is 0 Å². The number of aryl methyl sites for hydroxylation is 4. The van der Waals surface area contributed by atoms with Gasteiger partial charge in [-0.3, -0.25) is 0 Å². The molecular formula is C25H22N2. The van der Waals surface area contributed by atoms with Crippen LogP contribution < -0.4 is 0 Å². The molecule has 5 rings (SSSR count). The maximum Gasteiger partial charge on any atom is 0.0939 e. The van der Waals surface area contributed by atoms with Gasteiger partial charge in [0.1, 0.15) is 0 Å². The molecule has 0 spiro atoms. The van der Waals surface area contributed by atoms with Crippen molar-refractivity contribution in [2.45, 2.75) is 27.7 Å². The molecule has 0 saturated heterocycles. The van der Waals surface area contributed by atoms with Gasteiger partial charge in [0.05, 0.1) is 16.7 Å². The molecule has 27 heavy (non-hydrogen) atoms. The van der Waals surface area contributed by atoms with Crippen LogP contribution in [0.1, 0.15) is 22.3 Å². The molecule has 0 saturated carbocycles. The second-order valence-corrected chi connectivity index (χ2v) is 7.61. The standard InChI is InChI=1S/C25H22N2/c1-15-12-18(4)25-20(13-15)19-10-5-6-11-22(19)27-23(25)14-21(26-27)24-16(2)8-7-9-17(24)3/h5-14H,1-4H3. The van der Waals surface area contributed by atoms with Gasteiger partial charge in [-0.1, -0.05) is 54.1 Å². The Balaban J connectivity index is 2.01. The van der Waals surface area contributed by atoms with Crippen LogP contribution >= 0.6 is 0 Å². The lowest BCUT2D eigenvalue weighted by Gasteiger charge is -2.11. The number of fused-ring (bicyclic) bond motifs is 6. The molecule has 0 radical (unpaired) electrons. The summed E-state index contributed by atoms with van der Waals surface area (Å²) in [5.41, 5.74) is 9.74. The number of nitrogens with zero attached hydrogens (tertiary/aromatic N) is 2. The summed E-state index contributed by atoms with van der Waals surface area (Å²) in [5, 5.41) is 8.92. The molecule has 0 bridgehead atoms. The number of aromatic nitrogens is 2. The van der Waals surface area contributed by atoms with Gasteiger partial charge in [-0.2, -0.15) is 5.10 Å². The van der Waals surface area contributed by atoms with Gasteiger partial charge in [0, 0.05) is 16.3 Å². The summed E-state index contributed by atoms with van der Waals surface area (Å²) in [6.45, 7) is 8.70. The van der Waals surface area contributed by atoms with E-state index in [-0.39, 0.29) is 0 Å². The highest BCUT2D eigenvalue weighted by molar-refractivity contribution is 6.14.